The lowest BCUT2D eigenvalue weighted by atomic mass is 10.1. The molecule has 3 aromatic heterocycles. The van der Waals surface area contributed by atoms with Crippen LogP contribution >= 0.6 is 34.4 Å². The van der Waals surface area contributed by atoms with Crippen molar-refractivity contribution in [1.82, 2.24) is 19.7 Å². The van der Waals surface area contributed by atoms with Gasteiger partial charge in [-0.05, 0) is 49.4 Å². The molecule has 0 bridgehead atoms. The molecule has 1 amide bonds. The maximum Gasteiger partial charge on any atom is 0.236 e. The Morgan fingerprint density at radius 3 is 2.77 bits per heavy atom. The molecule has 0 spiro atoms. The van der Waals surface area contributed by atoms with Gasteiger partial charge in [-0.3, -0.25) is 4.79 Å². The molecule has 4 aromatic rings. The first-order chi connectivity index (χ1) is 15.0. The summed E-state index contributed by atoms with van der Waals surface area (Å²) in [4.78, 5) is 18.3. The number of amides is 1. The molecule has 0 saturated heterocycles. The summed E-state index contributed by atoms with van der Waals surface area (Å²) >= 11 is 4.54. The summed E-state index contributed by atoms with van der Waals surface area (Å²) in [6.45, 7) is 7.01. The van der Waals surface area contributed by atoms with Gasteiger partial charge in [0.15, 0.2) is 10.3 Å². The second kappa shape index (κ2) is 9.76. The Bertz CT molecular complexity index is 1180. The van der Waals surface area contributed by atoms with E-state index < -0.39 is 0 Å². The van der Waals surface area contributed by atoms with Crippen molar-refractivity contribution in [2.24, 2.45) is 0 Å². The van der Waals surface area contributed by atoms with E-state index in [-0.39, 0.29) is 11.7 Å². The number of aryl methyl sites for hydroxylation is 2. The number of nitrogens with zero attached hydrogens (tertiary/aromatic N) is 4. The average molecular weight is 470 g/mol. The molecule has 3 heterocycles. The number of aromatic nitrogens is 4. The monoisotopic (exact) mass is 469 g/mol. The fourth-order valence-corrected chi connectivity index (χ4v) is 5.35. The minimum atomic E-state index is -0.101. The molecule has 1 N–H and O–H groups in total. The van der Waals surface area contributed by atoms with Crippen molar-refractivity contribution in [1.29, 1.82) is 0 Å². The van der Waals surface area contributed by atoms with Crippen LogP contribution in [0.1, 0.15) is 28.8 Å². The number of thioether (sulfide) groups is 1. The van der Waals surface area contributed by atoms with Gasteiger partial charge >= 0.3 is 0 Å². The van der Waals surface area contributed by atoms with E-state index in [2.05, 4.69) is 75.5 Å². The van der Waals surface area contributed by atoms with Gasteiger partial charge in [0.2, 0.25) is 5.91 Å². The molecule has 0 aliphatic heterocycles. The molecule has 0 aliphatic carbocycles. The van der Waals surface area contributed by atoms with Gasteiger partial charge in [-0.25, -0.2) is 4.98 Å². The molecule has 160 valence electrons. The summed E-state index contributed by atoms with van der Waals surface area (Å²) in [5.41, 5.74) is 4.41. The topological polar surface area (TPSA) is 72.7 Å². The van der Waals surface area contributed by atoms with Gasteiger partial charge < -0.3 is 9.88 Å². The van der Waals surface area contributed by atoms with Gasteiger partial charge in [0.25, 0.3) is 0 Å². The van der Waals surface area contributed by atoms with E-state index in [1.165, 1.54) is 39.1 Å². The molecule has 0 aliphatic rings. The maximum atomic E-state index is 12.5. The summed E-state index contributed by atoms with van der Waals surface area (Å²) in [6, 6.07) is 10.4. The zero-order chi connectivity index (χ0) is 21.8. The van der Waals surface area contributed by atoms with Crippen LogP contribution < -0.4 is 5.32 Å². The van der Waals surface area contributed by atoms with Crippen molar-refractivity contribution < 1.29 is 4.79 Å². The van der Waals surface area contributed by atoms with Gasteiger partial charge in [-0.2, -0.15) is 0 Å². The summed E-state index contributed by atoms with van der Waals surface area (Å²) < 4.78 is 2.07. The first kappa shape index (κ1) is 21.7. The zero-order valence-corrected chi connectivity index (χ0v) is 20.0. The van der Waals surface area contributed by atoms with E-state index in [0.717, 1.165) is 35.2 Å². The Labute approximate surface area is 193 Å². The highest BCUT2D eigenvalue weighted by molar-refractivity contribution is 7.99. The van der Waals surface area contributed by atoms with E-state index in [9.17, 15) is 4.79 Å². The Morgan fingerprint density at radius 1 is 1.16 bits per heavy atom. The normalized spacial score (nSPS) is 11.1. The van der Waals surface area contributed by atoms with Crippen molar-refractivity contribution in [3.05, 3.63) is 62.9 Å². The van der Waals surface area contributed by atoms with E-state index in [0.29, 0.717) is 5.13 Å². The largest absolute Gasteiger partial charge is 0.306 e. The number of hydrogen-bond donors (Lipinski definition) is 1. The quantitative estimate of drug-likeness (QED) is 0.349. The third-order valence-electron chi connectivity index (χ3n) is 4.91. The highest BCUT2D eigenvalue weighted by Gasteiger charge is 2.15. The number of carbonyl (C=O) groups excluding carboxylic acids is 1. The Balaban J connectivity index is 1.36. The number of carbonyl (C=O) groups is 1. The number of thiophene rings is 1. The lowest BCUT2D eigenvalue weighted by Crippen LogP contribution is -2.14. The molecule has 0 saturated carbocycles. The molecular formula is C22H23N5OS3. The highest BCUT2D eigenvalue weighted by Crippen LogP contribution is 2.27. The van der Waals surface area contributed by atoms with E-state index >= 15 is 0 Å². The van der Waals surface area contributed by atoms with Gasteiger partial charge in [-0.15, -0.1) is 32.9 Å². The predicted molar refractivity (Wildman–Crippen MR) is 129 cm³/mol. The third-order valence-corrected chi connectivity index (χ3v) is 7.51. The fraction of sp³-hybridized carbons (Fsp3) is 0.273. The Morgan fingerprint density at radius 2 is 2.03 bits per heavy atom. The second-order valence-corrected chi connectivity index (χ2v) is 9.91. The first-order valence-corrected chi connectivity index (χ1v) is 12.7. The number of thiazole rings is 1. The predicted octanol–water partition coefficient (Wildman–Crippen LogP) is 5.42. The molecule has 9 heteroatoms. The maximum absolute atomic E-state index is 12.5. The molecule has 0 radical (unpaired) electrons. The van der Waals surface area contributed by atoms with Crippen molar-refractivity contribution in [3.8, 4) is 11.3 Å². The molecule has 0 unspecified atom stereocenters. The van der Waals surface area contributed by atoms with E-state index in [1.54, 1.807) is 11.3 Å². The Hall–Kier alpha value is -2.49. The molecular weight excluding hydrogens is 446 g/mol. The van der Waals surface area contributed by atoms with Crippen LogP contribution in [0.15, 0.2) is 46.2 Å². The number of anilines is 1. The first-order valence-electron chi connectivity index (χ1n) is 9.93. The third kappa shape index (κ3) is 5.23. The SMILES string of the molecule is CCn1c(Cc2cccs2)nnc1SCC(=O)Nc1nc(-c2ccc(C)c(C)c2)cs1. The minimum absolute atomic E-state index is 0.101. The van der Waals surface area contributed by atoms with Crippen LogP contribution in [-0.4, -0.2) is 31.4 Å². The molecule has 1 aromatic carbocycles. The molecule has 6 nitrogen and oxygen atoms in total. The summed E-state index contributed by atoms with van der Waals surface area (Å²) in [5, 5.41) is 16.9. The van der Waals surface area contributed by atoms with Gasteiger partial charge in [0.05, 0.1) is 11.4 Å². The molecule has 0 fully saturated rings. The summed E-state index contributed by atoms with van der Waals surface area (Å²) in [7, 11) is 0. The van der Waals surface area contributed by atoms with Crippen molar-refractivity contribution in [2.75, 3.05) is 11.1 Å². The average Bonchev–Trinajstić information content (AvgIpc) is 3.50. The van der Waals surface area contributed by atoms with Crippen LogP contribution in [0.4, 0.5) is 5.13 Å². The van der Waals surface area contributed by atoms with Crippen molar-refractivity contribution in [3.63, 3.8) is 0 Å². The van der Waals surface area contributed by atoms with Crippen LogP contribution in [-0.2, 0) is 17.8 Å². The number of rotatable bonds is 8. The summed E-state index contributed by atoms with van der Waals surface area (Å²) in [6.07, 6.45) is 0.756. The minimum Gasteiger partial charge on any atom is -0.306 e. The number of hydrogen-bond acceptors (Lipinski definition) is 7. The zero-order valence-electron chi connectivity index (χ0n) is 17.6. The standard InChI is InChI=1S/C22H23N5OS3/c1-4-27-19(11-17-6-5-9-29-17)25-26-22(27)31-13-20(28)24-21-23-18(12-30-21)16-8-7-14(2)15(3)10-16/h5-10,12H,4,11,13H2,1-3H3,(H,23,24,28). The number of benzene rings is 1. The van der Waals surface area contributed by atoms with Crippen molar-refractivity contribution >= 4 is 45.5 Å². The molecule has 4 rings (SSSR count). The van der Waals surface area contributed by atoms with Gasteiger partial charge in [-0.1, -0.05) is 30.0 Å². The smallest absolute Gasteiger partial charge is 0.236 e. The second-order valence-electron chi connectivity index (χ2n) is 7.07. The summed E-state index contributed by atoms with van der Waals surface area (Å²) in [5.74, 6) is 1.08. The molecule has 31 heavy (non-hydrogen) atoms. The van der Waals surface area contributed by atoms with Crippen LogP contribution in [0.25, 0.3) is 11.3 Å². The van der Waals surface area contributed by atoms with Crippen LogP contribution in [0.3, 0.4) is 0 Å². The van der Waals surface area contributed by atoms with Gasteiger partial charge in [0, 0.05) is 28.8 Å². The lowest BCUT2D eigenvalue weighted by molar-refractivity contribution is -0.113. The fourth-order valence-electron chi connectivity index (χ4n) is 3.09. The van der Waals surface area contributed by atoms with Crippen LogP contribution in [0, 0.1) is 13.8 Å². The number of nitrogens with one attached hydrogen (secondary N) is 1. The van der Waals surface area contributed by atoms with Gasteiger partial charge in [0.1, 0.15) is 5.82 Å². The van der Waals surface area contributed by atoms with E-state index in [1.807, 2.05) is 11.4 Å². The lowest BCUT2D eigenvalue weighted by Gasteiger charge is -2.06. The van der Waals surface area contributed by atoms with Crippen LogP contribution in [0.5, 0.6) is 0 Å². The van der Waals surface area contributed by atoms with E-state index in [4.69, 9.17) is 0 Å². The Kier molecular flexibility index (Phi) is 6.84. The van der Waals surface area contributed by atoms with Crippen molar-refractivity contribution in [2.45, 2.75) is 38.9 Å². The highest BCUT2D eigenvalue weighted by atomic mass is 32.2. The van der Waals surface area contributed by atoms with Crippen LogP contribution in [0.2, 0.25) is 0 Å². The molecule has 0 atom stereocenters.